The Morgan fingerprint density at radius 3 is 2.42 bits per heavy atom. The van der Waals surface area contributed by atoms with Crippen molar-refractivity contribution in [1.82, 2.24) is 9.88 Å². The third-order valence-corrected chi connectivity index (χ3v) is 6.22. The maximum Gasteiger partial charge on any atom is 0.416 e. The van der Waals surface area contributed by atoms with Crippen LogP contribution in [-0.4, -0.2) is 34.8 Å². The van der Waals surface area contributed by atoms with E-state index < -0.39 is 17.6 Å². The summed E-state index contributed by atoms with van der Waals surface area (Å²) in [6, 6.07) is 10.2. The van der Waals surface area contributed by atoms with Crippen molar-refractivity contribution in [3.63, 3.8) is 0 Å². The number of benzene rings is 2. The van der Waals surface area contributed by atoms with Crippen LogP contribution in [0.3, 0.4) is 0 Å². The van der Waals surface area contributed by atoms with Crippen molar-refractivity contribution in [2.24, 2.45) is 5.92 Å². The van der Waals surface area contributed by atoms with Gasteiger partial charge in [-0.1, -0.05) is 12.1 Å². The molecular weight excluding hydrogens is 458 g/mol. The SMILES string of the molecule is O=C(Nc1nc(-c2cccc(C(F)(F)F)c2)cs1)C1CCN(C(=O)c2ccc(F)cc2)CC1. The summed E-state index contributed by atoms with van der Waals surface area (Å²) in [7, 11) is 0. The minimum atomic E-state index is -4.45. The molecule has 10 heteroatoms. The molecule has 1 aromatic heterocycles. The second-order valence-electron chi connectivity index (χ2n) is 7.68. The molecule has 0 radical (unpaired) electrons. The number of hydrogen-bond acceptors (Lipinski definition) is 4. The number of piperidine rings is 1. The highest BCUT2D eigenvalue weighted by Gasteiger charge is 2.31. The molecular formula is C23H19F4N3O2S. The Bertz CT molecular complexity index is 1150. The van der Waals surface area contributed by atoms with E-state index in [1.807, 2.05) is 0 Å². The number of nitrogens with zero attached hydrogens (tertiary/aromatic N) is 2. The molecule has 33 heavy (non-hydrogen) atoms. The number of hydrogen-bond donors (Lipinski definition) is 1. The van der Waals surface area contributed by atoms with Crippen LogP contribution in [0.4, 0.5) is 22.7 Å². The second kappa shape index (κ2) is 9.30. The highest BCUT2D eigenvalue weighted by Crippen LogP contribution is 2.33. The fourth-order valence-electron chi connectivity index (χ4n) is 3.65. The van der Waals surface area contributed by atoms with E-state index in [9.17, 15) is 27.2 Å². The summed E-state index contributed by atoms with van der Waals surface area (Å²) in [4.78, 5) is 31.1. The number of carbonyl (C=O) groups is 2. The number of likely N-dealkylation sites (tertiary alicyclic amines) is 1. The van der Waals surface area contributed by atoms with Gasteiger partial charge in [-0.25, -0.2) is 9.37 Å². The van der Waals surface area contributed by atoms with Crippen molar-refractivity contribution < 1.29 is 27.2 Å². The summed E-state index contributed by atoms with van der Waals surface area (Å²) in [5.74, 6) is -1.18. The molecule has 4 rings (SSSR count). The van der Waals surface area contributed by atoms with E-state index in [-0.39, 0.29) is 17.7 Å². The van der Waals surface area contributed by atoms with E-state index in [2.05, 4.69) is 10.3 Å². The van der Waals surface area contributed by atoms with E-state index in [0.717, 1.165) is 23.5 Å². The van der Waals surface area contributed by atoms with Gasteiger partial charge in [-0.2, -0.15) is 13.2 Å². The average Bonchev–Trinajstić information content (AvgIpc) is 3.27. The Hall–Kier alpha value is -3.27. The summed E-state index contributed by atoms with van der Waals surface area (Å²) in [6.45, 7) is 0.781. The predicted octanol–water partition coefficient (Wildman–Crippen LogP) is 5.46. The van der Waals surface area contributed by atoms with Crippen LogP contribution >= 0.6 is 11.3 Å². The van der Waals surface area contributed by atoms with E-state index >= 15 is 0 Å². The standard InChI is InChI=1S/C23H19F4N3O2S/c24-18-6-4-15(5-7-18)21(32)30-10-8-14(9-11-30)20(31)29-22-28-19(13-33-22)16-2-1-3-17(12-16)23(25,26)27/h1-7,12-14H,8-11H2,(H,28,29,31). The summed E-state index contributed by atoms with van der Waals surface area (Å²) in [5, 5.41) is 4.63. The fraction of sp³-hybridized carbons (Fsp3) is 0.261. The quantitative estimate of drug-likeness (QED) is 0.508. The molecule has 1 aliphatic rings. The van der Waals surface area contributed by atoms with E-state index in [4.69, 9.17) is 0 Å². The van der Waals surface area contributed by atoms with Gasteiger partial charge in [-0.15, -0.1) is 11.3 Å². The van der Waals surface area contributed by atoms with Gasteiger partial charge in [0.1, 0.15) is 5.82 Å². The second-order valence-corrected chi connectivity index (χ2v) is 8.54. The van der Waals surface area contributed by atoms with Gasteiger partial charge in [0, 0.05) is 35.5 Å². The molecule has 1 fully saturated rings. The summed E-state index contributed by atoms with van der Waals surface area (Å²) in [5.41, 5.74) is 0.292. The number of nitrogens with one attached hydrogen (secondary N) is 1. The van der Waals surface area contributed by atoms with Gasteiger partial charge >= 0.3 is 6.18 Å². The Morgan fingerprint density at radius 2 is 1.76 bits per heavy atom. The molecule has 172 valence electrons. The van der Waals surface area contributed by atoms with Gasteiger partial charge in [0.05, 0.1) is 11.3 Å². The molecule has 0 bridgehead atoms. The van der Waals surface area contributed by atoms with Gasteiger partial charge in [0.25, 0.3) is 5.91 Å². The average molecular weight is 477 g/mol. The Labute approximate surface area is 191 Å². The Balaban J connectivity index is 1.34. The molecule has 5 nitrogen and oxygen atoms in total. The summed E-state index contributed by atoms with van der Waals surface area (Å²) in [6.07, 6.45) is -3.52. The summed E-state index contributed by atoms with van der Waals surface area (Å²) >= 11 is 1.13. The highest BCUT2D eigenvalue weighted by molar-refractivity contribution is 7.14. The monoisotopic (exact) mass is 477 g/mol. The molecule has 0 spiro atoms. The Kier molecular flexibility index (Phi) is 6.46. The zero-order valence-electron chi connectivity index (χ0n) is 17.2. The van der Waals surface area contributed by atoms with Crippen molar-refractivity contribution in [3.05, 3.63) is 70.9 Å². The molecule has 0 atom stereocenters. The summed E-state index contributed by atoms with van der Waals surface area (Å²) < 4.78 is 51.9. The minimum absolute atomic E-state index is 0.209. The van der Waals surface area contributed by atoms with Crippen molar-refractivity contribution >= 4 is 28.3 Å². The van der Waals surface area contributed by atoms with Crippen molar-refractivity contribution in [1.29, 1.82) is 0 Å². The smallest absolute Gasteiger partial charge is 0.339 e. The number of alkyl halides is 3. The van der Waals surface area contributed by atoms with Crippen LogP contribution in [0.15, 0.2) is 53.9 Å². The lowest BCUT2D eigenvalue weighted by Gasteiger charge is -2.31. The number of carbonyl (C=O) groups excluding carboxylic acids is 2. The molecule has 2 amide bonds. The van der Waals surface area contributed by atoms with Crippen molar-refractivity contribution in [2.75, 3.05) is 18.4 Å². The Morgan fingerprint density at radius 1 is 1.06 bits per heavy atom. The molecule has 1 aliphatic heterocycles. The van der Waals surface area contributed by atoms with Gasteiger partial charge < -0.3 is 10.2 Å². The van der Waals surface area contributed by atoms with Gasteiger partial charge in [-0.05, 0) is 49.2 Å². The number of amides is 2. The highest BCUT2D eigenvalue weighted by atomic mass is 32.1. The van der Waals surface area contributed by atoms with Crippen LogP contribution in [0.1, 0.15) is 28.8 Å². The first kappa shape index (κ1) is 22.9. The molecule has 2 heterocycles. The number of rotatable bonds is 4. The molecule has 0 saturated carbocycles. The predicted molar refractivity (Wildman–Crippen MR) is 116 cm³/mol. The molecule has 0 unspecified atom stereocenters. The van der Waals surface area contributed by atoms with Crippen LogP contribution < -0.4 is 5.32 Å². The molecule has 0 aliphatic carbocycles. The first-order valence-corrected chi connectivity index (χ1v) is 11.1. The zero-order valence-corrected chi connectivity index (χ0v) is 18.0. The minimum Gasteiger partial charge on any atom is -0.339 e. The zero-order chi connectivity index (χ0) is 23.6. The first-order valence-electron chi connectivity index (χ1n) is 10.2. The van der Waals surface area contributed by atoms with E-state index in [1.54, 1.807) is 10.3 Å². The first-order chi connectivity index (χ1) is 15.7. The fourth-order valence-corrected chi connectivity index (χ4v) is 4.37. The molecule has 3 aromatic rings. The number of aromatic nitrogens is 1. The van der Waals surface area contributed by atoms with E-state index in [0.29, 0.717) is 47.9 Å². The number of anilines is 1. The lowest BCUT2D eigenvalue weighted by atomic mass is 9.95. The van der Waals surface area contributed by atoms with Gasteiger partial charge in [0.15, 0.2) is 5.13 Å². The largest absolute Gasteiger partial charge is 0.416 e. The third kappa shape index (κ3) is 5.39. The topological polar surface area (TPSA) is 62.3 Å². The van der Waals surface area contributed by atoms with Crippen LogP contribution in [-0.2, 0) is 11.0 Å². The molecule has 1 N–H and O–H groups in total. The van der Waals surface area contributed by atoms with Crippen LogP contribution in [0.2, 0.25) is 0 Å². The molecule has 1 saturated heterocycles. The lowest BCUT2D eigenvalue weighted by molar-refractivity contribution is -0.137. The third-order valence-electron chi connectivity index (χ3n) is 5.46. The number of halogens is 4. The van der Waals surface area contributed by atoms with Crippen molar-refractivity contribution in [2.45, 2.75) is 19.0 Å². The van der Waals surface area contributed by atoms with Crippen LogP contribution in [0.5, 0.6) is 0 Å². The van der Waals surface area contributed by atoms with Crippen LogP contribution in [0, 0.1) is 11.7 Å². The number of thiazole rings is 1. The maximum atomic E-state index is 13.1. The van der Waals surface area contributed by atoms with Gasteiger partial charge in [-0.3, -0.25) is 9.59 Å². The lowest BCUT2D eigenvalue weighted by Crippen LogP contribution is -2.41. The maximum absolute atomic E-state index is 13.1. The van der Waals surface area contributed by atoms with Gasteiger partial charge in [0.2, 0.25) is 5.91 Å². The molecule has 2 aromatic carbocycles. The van der Waals surface area contributed by atoms with E-state index in [1.165, 1.54) is 36.4 Å². The van der Waals surface area contributed by atoms with Crippen LogP contribution in [0.25, 0.3) is 11.3 Å². The normalized spacial score (nSPS) is 14.8. The van der Waals surface area contributed by atoms with Crippen molar-refractivity contribution in [3.8, 4) is 11.3 Å².